The Labute approximate surface area is 174 Å². The number of sulfonamides is 1. The second-order valence-electron chi connectivity index (χ2n) is 6.37. The van der Waals surface area contributed by atoms with Gasteiger partial charge in [-0.3, -0.25) is 9.10 Å². The normalized spacial score (nSPS) is 11.1. The fourth-order valence-corrected chi connectivity index (χ4v) is 5.30. The van der Waals surface area contributed by atoms with E-state index < -0.39 is 15.9 Å². The van der Waals surface area contributed by atoms with Crippen molar-refractivity contribution in [2.45, 2.75) is 17.7 Å². The second-order valence-corrected chi connectivity index (χ2v) is 9.40. The van der Waals surface area contributed by atoms with Crippen LogP contribution in [0.5, 0.6) is 5.75 Å². The summed E-state index contributed by atoms with van der Waals surface area (Å²) in [6.07, 6.45) is 0. The lowest BCUT2D eigenvalue weighted by molar-refractivity contribution is -0.119. The fraction of sp³-hybridized carbons (Fsp3) is 0.190. The van der Waals surface area contributed by atoms with Gasteiger partial charge in [-0.2, -0.15) is 0 Å². The molecule has 0 fully saturated rings. The predicted octanol–water partition coefficient (Wildman–Crippen LogP) is 3.58. The molecule has 2 aromatic carbocycles. The third kappa shape index (κ3) is 4.96. The first-order chi connectivity index (χ1) is 13.9. The van der Waals surface area contributed by atoms with Crippen LogP contribution in [0.4, 0.5) is 5.69 Å². The van der Waals surface area contributed by atoms with Gasteiger partial charge in [0.1, 0.15) is 16.5 Å². The largest absolute Gasteiger partial charge is 0.496 e. The number of hydrogen-bond donors (Lipinski definition) is 1. The molecule has 1 amide bonds. The lowest BCUT2D eigenvalue weighted by atomic mass is 10.2. The lowest BCUT2D eigenvalue weighted by Gasteiger charge is -2.23. The van der Waals surface area contributed by atoms with Crippen molar-refractivity contribution in [1.82, 2.24) is 5.32 Å². The topological polar surface area (TPSA) is 75.7 Å². The molecule has 1 N–H and O–H groups in total. The van der Waals surface area contributed by atoms with E-state index in [-0.39, 0.29) is 17.3 Å². The quantitative estimate of drug-likeness (QED) is 0.593. The van der Waals surface area contributed by atoms with E-state index >= 15 is 0 Å². The Balaban J connectivity index is 1.81. The van der Waals surface area contributed by atoms with Gasteiger partial charge in [0, 0.05) is 12.1 Å². The summed E-state index contributed by atoms with van der Waals surface area (Å²) >= 11 is 1.12. The van der Waals surface area contributed by atoms with Crippen molar-refractivity contribution < 1.29 is 17.9 Å². The standard InChI is InChI=1S/C21H22N2O4S2/c1-16-9-11-18(12-10-16)23(29(25,26)21-8-5-13-28-21)15-20(24)22-14-17-6-3-4-7-19(17)27-2/h3-13H,14-15H2,1-2H3,(H,22,24). The molecule has 0 atom stereocenters. The molecule has 152 valence electrons. The number of aryl methyl sites for hydroxylation is 1. The molecule has 29 heavy (non-hydrogen) atoms. The molecular weight excluding hydrogens is 408 g/mol. The molecule has 0 aliphatic rings. The molecule has 8 heteroatoms. The van der Waals surface area contributed by atoms with Crippen LogP contribution in [0, 0.1) is 6.92 Å². The van der Waals surface area contributed by atoms with E-state index in [9.17, 15) is 13.2 Å². The average Bonchev–Trinajstić information content (AvgIpc) is 3.27. The highest BCUT2D eigenvalue weighted by Gasteiger charge is 2.28. The van der Waals surface area contributed by atoms with Gasteiger partial charge in [0.15, 0.2) is 0 Å². The Morgan fingerprint density at radius 2 is 1.79 bits per heavy atom. The molecule has 0 spiro atoms. The van der Waals surface area contributed by atoms with E-state index in [4.69, 9.17) is 4.74 Å². The third-order valence-corrected chi connectivity index (χ3v) is 7.46. The maximum atomic E-state index is 13.1. The second kappa shape index (κ2) is 9.11. The highest BCUT2D eigenvalue weighted by Crippen LogP contribution is 2.26. The van der Waals surface area contributed by atoms with Crippen LogP contribution in [0.1, 0.15) is 11.1 Å². The molecule has 0 saturated heterocycles. The van der Waals surface area contributed by atoms with E-state index in [0.717, 1.165) is 26.8 Å². The molecule has 1 aromatic heterocycles. The van der Waals surface area contributed by atoms with Gasteiger partial charge in [-0.05, 0) is 36.6 Å². The number of rotatable bonds is 8. The minimum atomic E-state index is -3.85. The number of amides is 1. The van der Waals surface area contributed by atoms with Crippen LogP contribution >= 0.6 is 11.3 Å². The first-order valence-electron chi connectivity index (χ1n) is 8.93. The average molecular weight is 431 g/mol. The number of carbonyl (C=O) groups is 1. The SMILES string of the molecule is COc1ccccc1CNC(=O)CN(c1ccc(C)cc1)S(=O)(=O)c1cccs1. The van der Waals surface area contributed by atoms with Crippen LogP contribution in [0.25, 0.3) is 0 Å². The number of nitrogens with one attached hydrogen (secondary N) is 1. The molecule has 1 heterocycles. The minimum absolute atomic E-state index is 0.190. The summed E-state index contributed by atoms with van der Waals surface area (Å²) in [7, 11) is -2.29. The molecular formula is C21H22N2O4S2. The van der Waals surface area contributed by atoms with Gasteiger partial charge in [-0.1, -0.05) is 42.0 Å². The minimum Gasteiger partial charge on any atom is -0.496 e. The van der Waals surface area contributed by atoms with Crippen molar-refractivity contribution in [3.05, 3.63) is 77.2 Å². The lowest BCUT2D eigenvalue weighted by Crippen LogP contribution is -2.40. The number of benzene rings is 2. The van der Waals surface area contributed by atoms with Gasteiger partial charge in [0.25, 0.3) is 10.0 Å². The number of nitrogens with zero attached hydrogens (tertiary/aromatic N) is 1. The van der Waals surface area contributed by atoms with Crippen molar-refractivity contribution in [3.8, 4) is 5.75 Å². The van der Waals surface area contributed by atoms with Gasteiger partial charge < -0.3 is 10.1 Å². The highest BCUT2D eigenvalue weighted by atomic mass is 32.2. The fourth-order valence-electron chi connectivity index (χ4n) is 2.77. The summed E-state index contributed by atoms with van der Waals surface area (Å²) in [6, 6.07) is 17.6. The summed E-state index contributed by atoms with van der Waals surface area (Å²) in [5.74, 6) is 0.256. The number of methoxy groups -OCH3 is 1. The summed E-state index contributed by atoms with van der Waals surface area (Å²) in [5, 5.41) is 4.48. The molecule has 0 saturated carbocycles. The maximum absolute atomic E-state index is 13.1. The Kier molecular flexibility index (Phi) is 6.56. The van der Waals surface area contributed by atoms with Crippen LogP contribution in [0.2, 0.25) is 0 Å². The number of anilines is 1. The number of ether oxygens (including phenoxy) is 1. The van der Waals surface area contributed by atoms with Gasteiger partial charge in [0.2, 0.25) is 5.91 Å². The van der Waals surface area contributed by atoms with Crippen LogP contribution in [0.3, 0.4) is 0 Å². The van der Waals surface area contributed by atoms with E-state index in [1.165, 1.54) is 6.07 Å². The Morgan fingerprint density at radius 1 is 1.07 bits per heavy atom. The molecule has 0 aliphatic heterocycles. The number of para-hydroxylation sites is 1. The summed E-state index contributed by atoms with van der Waals surface area (Å²) in [6.45, 7) is 1.84. The molecule has 0 unspecified atom stereocenters. The van der Waals surface area contributed by atoms with Gasteiger partial charge >= 0.3 is 0 Å². The monoisotopic (exact) mass is 430 g/mol. The number of hydrogen-bond acceptors (Lipinski definition) is 5. The number of thiophene rings is 1. The van der Waals surface area contributed by atoms with Crippen molar-refractivity contribution in [3.63, 3.8) is 0 Å². The Hall–Kier alpha value is -2.84. The molecule has 3 aromatic rings. The molecule has 0 bridgehead atoms. The Morgan fingerprint density at radius 3 is 2.45 bits per heavy atom. The summed E-state index contributed by atoms with van der Waals surface area (Å²) in [4.78, 5) is 12.6. The zero-order valence-corrected chi connectivity index (χ0v) is 17.8. The zero-order valence-electron chi connectivity index (χ0n) is 16.2. The molecule has 0 aliphatic carbocycles. The maximum Gasteiger partial charge on any atom is 0.274 e. The number of carbonyl (C=O) groups excluding carboxylic acids is 1. The zero-order chi connectivity index (χ0) is 20.9. The van der Waals surface area contributed by atoms with E-state index in [1.54, 1.807) is 36.8 Å². The van der Waals surface area contributed by atoms with Crippen molar-refractivity contribution in [2.24, 2.45) is 0 Å². The van der Waals surface area contributed by atoms with Crippen LogP contribution in [-0.4, -0.2) is 28.0 Å². The molecule has 3 rings (SSSR count). The van der Waals surface area contributed by atoms with Gasteiger partial charge in [-0.15, -0.1) is 11.3 Å². The molecule has 0 radical (unpaired) electrons. The summed E-state index contributed by atoms with van der Waals surface area (Å²) < 4.78 is 32.9. The van der Waals surface area contributed by atoms with Gasteiger partial charge in [0.05, 0.1) is 12.8 Å². The van der Waals surface area contributed by atoms with E-state index in [1.807, 2.05) is 37.3 Å². The van der Waals surface area contributed by atoms with Crippen molar-refractivity contribution in [1.29, 1.82) is 0 Å². The Bertz CT molecular complexity index is 1060. The van der Waals surface area contributed by atoms with Crippen LogP contribution in [0.15, 0.2) is 70.3 Å². The van der Waals surface area contributed by atoms with Gasteiger partial charge in [-0.25, -0.2) is 8.42 Å². The van der Waals surface area contributed by atoms with Crippen molar-refractivity contribution >= 4 is 33.0 Å². The first-order valence-corrected chi connectivity index (χ1v) is 11.3. The van der Waals surface area contributed by atoms with Crippen LogP contribution in [-0.2, 0) is 21.4 Å². The smallest absolute Gasteiger partial charge is 0.274 e. The summed E-state index contributed by atoms with van der Waals surface area (Å²) in [5.41, 5.74) is 2.26. The highest BCUT2D eigenvalue weighted by molar-refractivity contribution is 7.94. The van der Waals surface area contributed by atoms with E-state index in [0.29, 0.717) is 11.4 Å². The first kappa shape index (κ1) is 20.9. The van der Waals surface area contributed by atoms with Crippen LogP contribution < -0.4 is 14.4 Å². The third-order valence-electron chi connectivity index (χ3n) is 4.32. The molecule has 6 nitrogen and oxygen atoms in total. The van der Waals surface area contributed by atoms with E-state index in [2.05, 4.69) is 5.32 Å². The predicted molar refractivity (Wildman–Crippen MR) is 115 cm³/mol. The van der Waals surface area contributed by atoms with Crippen molar-refractivity contribution in [2.75, 3.05) is 18.0 Å².